The van der Waals surface area contributed by atoms with Gasteiger partial charge in [-0.25, -0.2) is 0 Å². The summed E-state index contributed by atoms with van der Waals surface area (Å²) in [7, 11) is 2.20. The van der Waals surface area contributed by atoms with Gasteiger partial charge in [-0.05, 0) is 56.4 Å². The molecule has 82 valence electrons. The van der Waals surface area contributed by atoms with Gasteiger partial charge in [0.25, 0.3) is 0 Å². The largest absolute Gasteiger partial charge is 0.313 e. The fourth-order valence-corrected chi connectivity index (χ4v) is 5.10. The van der Waals surface area contributed by atoms with Crippen LogP contribution in [0.1, 0.15) is 45.4 Å². The summed E-state index contributed by atoms with van der Waals surface area (Å²) < 4.78 is 0. The first kappa shape index (κ1) is 10.8. The van der Waals surface area contributed by atoms with Crippen LogP contribution in [-0.4, -0.2) is 12.6 Å². The zero-order chi connectivity index (χ0) is 9.10. The molecular weight excluding hydrogens is 194 g/mol. The summed E-state index contributed by atoms with van der Waals surface area (Å²) >= 11 is 0. The summed E-state index contributed by atoms with van der Waals surface area (Å²) in [5.74, 6) is 2.06. The van der Waals surface area contributed by atoms with Gasteiger partial charge in [0.1, 0.15) is 0 Å². The molecule has 0 unspecified atom stereocenters. The lowest BCUT2D eigenvalue weighted by Crippen LogP contribution is -2.56. The fourth-order valence-electron chi connectivity index (χ4n) is 5.10. The van der Waals surface area contributed by atoms with Crippen molar-refractivity contribution in [2.45, 2.75) is 51.0 Å². The number of fused-ring (bicyclic) bond motifs is 5. The summed E-state index contributed by atoms with van der Waals surface area (Å²) in [6, 6.07) is 0. The second-order valence-corrected chi connectivity index (χ2v) is 5.70. The Labute approximate surface area is 93.4 Å². The molecule has 0 aromatic rings. The van der Waals surface area contributed by atoms with Gasteiger partial charge in [0.05, 0.1) is 0 Å². The van der Waals surface area contributed by atoms with Crippen LogP contribution in [0.4, 0.5) is 0 Å². The number of nitrogens with one attached hydrogen (secondary N) is 1. The van der Waals surface area contributed by atoms with Crippen molar-refractivity contribution in [3.8, 4) is 0 Å². The topological polar surface area (TPSA) is 12.0 Å². The molecule has 2 bridgehead atoms. The highest BCUT2D eigenvalue weighted by Gasteiger charge is 2.65. The predicted octanol–water partition coefficient (Wildman–Crippen LogP) is 2.99. The molecule has 0 radical (unpaired) electrons. The van der Waals surface area contributed by atoms with E-state index in [1.807, 2.05) is 0 Å². The van der Waals surface area contributed by atoms with Gasteiger partial charge in [-0.1, -0.05) is 13.3 Å². The molecule has 3 aliphatic carbocycles. The molecule has 0 aromatic heterocycles. The number of rotatable bonds is 1. The first-order chi connectivity index (χ1) is 6.23. The summed E-state index contributed by atoms with van der Waals surface area (Å²) in [6.07, 6.45) is 8.93. The first-order valence-corrected chi connectivity index (χ1v) is 5.92. The normalized spacial score (nSPS) is 54.4. The minimum atomic E-state index is 0. The quantitative estimate of drug-likeness (QED) is 0.709. The lowest BCUT2D eigenvalue weighted by molar-refractivity contribution is 0.0731. The van der Waals surface area contributed by atoms with Gasteiger partial charge in [0.15, 0.2) is 0 Å². The lowest BCUT2D eigenvalue weighted by atomic mass is 9.64. The molecule has 0 spiro atoms. The minimum Gasteiger partial charge on any atom is -0.313 e. The van der Waals surface area contributed by atoms with E-state index < -0.39 is 0 Å². The molecule has 0 aliphatic heterocycles. The molecule has 1 nitrogen and oxygen atoms in total. The molecule has 2 heteroatoms. The lowest BCUT2D eigenvalue weighted by Gasteiger charge is -2.47. The van der Waals surface area contributed by atoms with E-state index in [0.29, 0.717) is 11.0 Å². The van der Waals surface area contributed by atoms with E-state index in [9.17, 15) is 0 Å². The Morgan fingerprint density at radius 3 is 2.50 bits per heavy atom. The number of hydrogen-bond acceptors (Lipinski definition) is 1. The van der Waals surface area contributed by atoms with E-state index in [0.717, 1.165) is 11.8 Å². The average molecular weight is 216 g/mol. The second-order valence-electron chi connectivity index (χ2n) is 5.70. The van der Waals surface area contributed by atoms with Crippen molar-refractivity contribution in [3.05, 3.63) is 0 Å². The Bertz CT molecular complexity index is 242. The molecule has 0 heterocycles. The van der Waals surface area contributed by atoms with Gasteiger partial charge in [-0.2, -0.15) is 0 Å². The summed E-state index contributed by atoms with van der Waals surface area (Å²) in [5.41, 5.74) is 1.21. The molecule has 1 N–H and O–H groups in total. The maximum absolute atomic E-state index is 3.71. The zero-order valence-corrected chi connectivity index (χ0v) is 10.1. The van der Waals surface area contributed by atoms with Gasteiger partial charge < -0.3 is 5.32 Å². The number of halogens is 1. The molecule has 3 rings (SSSR count). The molecular formula is C12H22ClN. The SMILES string of the molecule is CN[C@]12CCC[C@@]1(C)[C@@H]1CC[C@H]2C1.Cl. The van der Waals surface area contributed by atoms with Gasteiger partial charge >= 0.3 is 0 Å². The summed E-state index contributed by atoms with van der Waals surface area (Å²) in [4.78, 5) is 0. The molecule has 0 saturated heterocycles. The highest BCUT2D eigenvalue weighted by Crippen LogP contribution is 2.67. The maximum Gasteiger partial charge on any atom is 0.0263 e. The summed E-state index contributed by atoms with van der Waals surface area (Å²) in [6.45, 7) is 2.56. The molecule has 14 heavy (non-hydrogen) atoms. The Balaban J connectivity index is 0.000000750. The van der Waals surface area contributed by atoms with Crippen molar-refractivity contribution in [3.63, 3.8) is 0 Å². The van der Waals surface area contributed by atoms with Crippen molar-refractivity contribution in [1.29, 1.82) is 0 Å². The van der Waals surface area contributed by atoms with E-state index in [1.165, 1.54) is 38.5 Å². The van der Waals surface area contributed by atoms with E-state index >= 15 is 0 Å². The van der Waals surface area contributed by atoms with E-state index in [1.54, 1.807) is 0 Å². The van der Waals surface area contributed by atoms with Crippen LogP contribution < -0.4 is 5.32 Å². The Kier molecular flexibility index (Phi) is 2.40. The Morgan fingerprint density at radius 2 is 1.86 bits per heavy atom. The smallest absolute Gasteiger partial charge is 0.0263 e. The zero-order valence-electron chi connectivity index (χ0n) is 9.31. The van der Waals surface area contributed by atoms with Crippen molar-refractivity contribution in [2.75, 3.05) is 7.05 Å². The molecule has 0 aromatic carbocycles. The minimum absolute atomic E-state index is 0. The van der Waals surface area contributed by atoms with Gasteiger partial charge in [0.2, 0.25) is 0 Å². The van der Waals surface area contributed by atoms with Crippen LogP contribution in [0.15, 0.2) is 0 Å². The van der Waals surface area contributed by atoms with Crippen molar-refractivity contribution < 1.29 is 0 Å². The van der Waals surface area contributed by atoms with Crippen LogP contribution in [0.3, 0.4) is 0 Å². The summed E-state index contributed by atoms with van der Waals surface area (Å²) in [5, 5.41) is 3.71. The van der Waals surface area contributed by atoms with E-state index in [-0.39, 0.29) is 12.4 Å². The van der Waals surface area contributed by atoms with Crippen LogP contribution in [0, 0.1) is 17.3 Å². The standard InChI is InChI=1S/C12H21N.ClH/c1-11-6-3-7-12(11,13-2)10-5-4-9(11)8-10;/h9-10,13H,3-8H2,1-2H3;1H/t9-,10+,11+,12+;/m1./s1. The number of hydrogen-bond donors (Lipinski definition) is 1. The van der Waals surface area contributed by atoms with Gasteiger partial charge in [0, 0.05) is 5.54 Å². The predicted molar refractivity (Wildman–Crippen MR) is 61.8 cm³/mol. The first-order valence-electron chi connectivity index (χ1n) is 5.92. The Morgan fingerprint density at radius 1 is 1.14 bits per heavy atom. The van der Waals surface area contributed by atoms with E-state index in [4.69, 9.17) is 0 Å². The highest BCUT2D eigenvalue weighted by atomic mass is 35.5. The maximum atomic E-state index is 3.71. The fraction of sp³-hybridized carbons (Fsp3) is 1.00. The third-order valence-electron chi connectivity index (χ3n) is 5.76. The van der Waals surface area contributed by atoms with Crippen molar-refractivity contribution in [2.24, 2.45) is 17.3 Å². The second kappa shape index (κ2) is 3.12. The molecule has 3 saturated carbocycles. The molecule has 3 aliphatic rings. The highest BCUT2D eigenvalue weighted by molar-refractivity contribution is 5.85. The van der Waals surface area contributed by atoms with Crippen LogP contribution in [0.25, 0.3) is 0 Å². The monoisotopic (exact) mass is 215 g/mol. The van der Waals surface area contributed by atoms with Crippen molar-refractivity contribution >= 4 is 12.4 Å². The van der Waals surface area contributed by atoms with Crippen molar-refractivity contribution in [1.82, 2.24) is 5.32 Å². The molecule has 4 atom stereocenters. The van der Waals surface area contributed by atoms with Crippen LogP contribution >= 0.6 is 12.4 Å². The third kappa shape index (κ3) is 0.911. The molecule has 0 amide bonds. The van der Waals surface area contributed by atoms with Gasteiger partial charge in [-0.3, -0.25) is 0 Å². The van der Waals surface area contributed by atoms with Crippen LogP contribution in [-0.2, 0) is 0 Å². The van der Waals surface area contributed by atoms with E-state index in [2.05, 4.69) is 19.3 Å². The Hall–Kier alpha value is 0.250. The third-order valence-corrected chi connectivity index (χ3v) is 5.76. The average Bonchev–Trinajstić information content (AvgIpc) is 2.72. The molecule has 3 fully saturated rings. The van der Waals surface area contributed by atoms with Crippen LogP contribution in [0.2, 0.25) is 0 Å². The van der Waals surface area contributed by atoms with Crippen LogP contribution in [0.5, 0.6) is 0 Å². The van der Waals surface area contributed by atoms with Gasteiger partial charge in [-0.15, -0.1) is 12.4 Å².